The van der Waals surface area contributed by atoms with E-state index in [0.717, 1.165) is 12.0 Å². The van der Waals surface area contributed by atoms with Gasteiger partial charge in [0.1, 0.15) is 0 Å². The topological polar surface area (TPSA) is 23.8 Å². The molecule has 0 aromatic heterocycles. The maximum Gasteiger partial charge on any atom is 0.0747 e. The number of allylic oxidation sites excluding steroid dienone is 1. The minimum atomic E-state index is -0.0382. The van der Waals surface area contributed by atoms with Crippen LogP contribution < -0.4 is 0 Å². The van der Waals surface area contributed by atoms with Gasteiger partial charge >= 0.3 is 0 Å². The number of nitrogens with zero attached hydrogens (tertiary/aromatic N) is 1. The Kier molecular flexibility index (Phi) is 3.10. The van der Waals surface area contributed by atoms with Crippen molar-refractivity contribution in [3.05, 3.63) is 48.6 Å². The van der Waals surface area contributed by atoms with Crippen LogP contribution >= 0.6 is 0 Å². The highest BCUT2D eigenvalue weighted by Gasteiger charge is 2.06. The van der Waals surface area contributed by atoms with Crippen molar-refractivity contribution < 1.29 is 0 Å². The molecule has 0 heterocycles. The van der Waals surface area contributed by atoms with Gasteiger partial charge in [0.15, 0.2) is 0 Å². The van der Waals surface area contributed by atoms with Crippen molar-refractivity contribution in [1.82, 2.24) is 0 Å². The average molecular weight is 157 g/mol. The molecule has 1 heteroatoms. The molecule has 0 unspecified atom stereocenters. The van der Waals surface area contributed by atoms with Gasteiger partial charge in [-0.2, -0.15) is 5.26 Å². The quantitative estimate of drug-likeness (QED) is 0.619. The normalized spacial score (nSPS) is 11.6. The first-order chi connectivity index (χ1) is 5.88. The summed E-state index contributed by atoms with van der Waals surface area (Å²) >= 11 is 0. The predicted molar refractivity (Wildman–Crippen MR) is 49.6 cm³/mol. The summed E-state index contributed by atoms with van der Waals surface area (Å²) in [5.74, 6) is -0.0382. The largest absolute Gasteiger partial charge is 0.198 e. The second-order valence-corrected chi connectivity index (χ2v) is 2.62. The van der Waals surface area contributed by atoms with Crippen LogP contribution in [0.2, 0.25) is 0 Å². The molecule has 0 saturated carbocycles. The van der Waals surface area contributed by atoms with Gasteiger partial charge in [-0.05, 0) is 12.0 Å². The van der Waals surface area contributed by atoms with Crippen molar-refractivity contribution in [2.45, 2.75) is 12.3 Å². The summed E-state index contributed by atoms with van der Waals surface area (Å²) in [5.41, 5.74) is 1.07. The molecular weight excluding hydrogens is 146 g/mol. The lowest BCUT2D eigenvalue weighted by molar-refractivity contribution is 0.879. The summed E-state index contributed by atoms with van der Waals surface area (Å²) in [6.45, 7) is 3.62. The molecule has 0 N–H and O–H groups in total. The fourth-order valence-electron chi connectivity index (χ4n) is 1.12. The highest BCUT2D eigenvalue weighted by Crippen LogP contribution is 2.17. The summed E-state index contributed by atoms with van der Waals surface area (Å²) in [6.07, 6.45) is 2.50. The summed E-state index contributed by atoms with van der Waals surface area (Å²) in [4.78, 5) is 0. The summed E-state index contributed by atoms with van der Waals surface area (Å²) < 4.78 is 0. The molecule has 0 amide bonds. The van der Waals surface area contributed by atoms with E-state index >= 15 is 0 Å². The second kappa shape index (κ2) is 4.35. The average Bonchev–Trinajstić information content (AvgIpc) is 2.15. The Morgan fingerprint density at radius 1 is 1.42 bits per heavy atom. The highest BCUT2D eigenvalue weighted by atomic mass is 14.3. The third-order valence-corrected chi connectivity index (χ3v) is 1.76. The standard InChI is InChI=1S/C11H11N/c1-2-6-11(9-12)10-7-4-3-5-8-10/h2-5,7-8,11H,1,6H2/t11-/m1/s1. The van der Waals surface area contributed by atoms with Crippen molar-refractivity contribution in [2.75, 3.05) is 0 Å². The molecule has 1 nitrogen and oxygen atoms in total. The zero-order valence-electron chi connectivity index (χ0n) is 6.90. The van der Waals surface area contributed by atoms with Crippen molar-refractivity contribution in [3.63, 3.8) is 0 Å². The van der Waals surface area contributed by atoms with Gasteiger partial charge in [-0.15, -0.1) is 6.58 Å². The smallest absolute Gasteiger partial charge is 0.0747 e. The molecule has 0 aliphatic rings. The number of benzene rings is 1. The number of nitriles is 1. The van der Waals surface area contributed by atoms with E-state index in [9.17, 15) is 0 Å². The summed E-state index contributed by atoms with van der Waals surface area (Å²) in [7, 11) is 0. The van der Waals surface area contributed by atoms with Crippen LogP contribution in [0.4, 0.5) is 0 Å². The summed E-state index contributed by atoms with van der Waals surface area (Å²) in [5, 5.41) is 8.81. The van der Waals surface area contributed by atoms with Crippen LogP contribution in [0.15, 0.2) is 43.0 Å². The lowest BCUT2D eigenvalue weighted by Gasteiger charge is -2.04. The van der Waals surface area contributed by atoms with E-state index in [1.807, 2.05) is 30.3 Å². The Morgan fingerprint density at radius 2 is 2.08 bits per heavy atom. The van der Waals surface area contributed by atoms with Crippen LogP contribution in [0.1, 0.15) is 17.9 Å². The SMILES string of the molecule is C=CC[C@H](C#N)c1ccccc1. The Bertz CT molecular complexity index is 282. The van der Waals surface area contributed by atoms with Crippen LogP contribution in [0.3, 0.4) is 0 Å². The lowest BCUT2D eigenvalue weighted by Crippen LogP contribution is -1.92. The Labute approximate surface area is 73.0 Å². The zero-order valence-corrected chi connectivity index (χ0v) is 6.90. The maximum atomic E-state index is 8.81. The fourth-order valence-corrected chi connectivity index (χ4v) is 1.12. The van der Waals surface area contributed by atoms with Gasteiger partial charge in [0.2, 0.25) is 0 Å². The van der Waals surface area contributed by atoms with Gasteiger partial charge in [-0.25, -0.2) is 0 Å². The molecule has 1 atom stereocenters. The number of hydrogen-bond acceptors (Lipinski definition) is 1. The molecule has 0 spiro atoms. The molecule has 1 aromatic carbocycles. The maximum absolute atomic E-state index is 8.81. The first-order valence-corrected chi connectivity index (χ1v) is 3.94. The van der Waals surface area contributed by atoms with Crippen molar-refractivity contribution >= 4 is 0 Å². The minimum absolute atomic E-state index is 0.0382. The molecule has 0 bridgehead atoms. The van der Waals surface area contributed by atoms with Gasteiger partial charge in [0.25, 0.3) is 0 Å². The molecule has 1 aromatic rings. The first kappa shape index (κ1) is 8.55. The molecule has 0 aliphatic carbocycles. The minimum Gasteiger partial charge on any atom is -0.198 e. The fraction of sp³-hybridized carbons (Fsp3) is 0.182. The lowest BCUT2D eigenvalue weighted by atomic mass is 9.98. The molecule has 1 rings (SSSR count). The van der Waals surface area contributed by atoms with E-state index in [2.05, 4.69) is 12.6 Å². The molecule has 0 fully saturated rings. The van der Waals surface area contributed by atoms with Gasteiger partial charge in [-0.1, -0.05) is 36.4 Å². The van der Waals surface area contributed by atoms with Gasteiger partial charge in [0.05, 0.1) is 12.0 Å². The summed E-state index contributed by atoms with van der Waals surface area (Å²) in [6, 6.07) is 12.0. The van der Waals surface area contributed by atoms with Gasteiger partial charge in [-0.3, -0.25) is 0 Å². The highest BCUT2D eigenvalue weighted by molar-refractivity contribution is 5.25. The molecule has 60 valence electrons. The molecule has 12 heavy (non-hydrogen) atoms. The van der Waals surface area contributed by atoms with Gasteiger partial charge in [0, 0.05) is 0 Å². The first-order valence-electron chi connectivity index (χ1n) is 3.94. The van der Waals surface area contributed by atoms with Crippen LogP contribution in [0, 0.1) is 11.3 Å². The molecule has 0 aliphatic heterocycles. The zero-order chi connectivity index (χ0) is 8.81. The van der Waals surface area contributed by atoms with Crippen molar-refractivity contribution in [2.24, 2.45) is 0 Å². The molecular formula is C11H11N. The van der Waals surface area contributed by atoms with E-state index < -0.39 is 0 Å². The van der Waals surface area contributed by atoms with Crippen LogP contribution in [-0.4, -0.2) is 0 Å². The Balaban J connectivity index is 2.82. The van der Waals surface area contributed by atoms with Crippen LogP contribution in [-0.2, 0) is 0 Å². The number of rotatable bonds is 3. The predicted octanol–water partition coefficient (Wildman–Crippen LogP) is 2.87. The van der Waals surface area contributed by atoms with E-state index in [1.54, 1.807) is 6.08 Å². The molecule has 0 saturated heterocycles. The number of hydrogen-bond donors (Lipinski definition) is 0. The van der Waals surface area contributed by atoms with Crippen LogP contribution in [0.25, 0.3) is 0 Å². The van der Waals surface area contributed by atoms with E-state index in [4.69, 9.17) is 5.26 Å². The van der Waals surface area contributed by atoms with E-state index in [-0.39, 0.29) is 5.92 Å². The van der Waals surface area contributed by atoms with Crippen LogP contribution in [0.5, 0.6) is 0 Å². The Morgan fingerprint density at radius 3 is 2.58 bits per heavy atom. The molecule has 0 radical (unpaired) electrons. The van der Waals surface area contributed by atoms with E-state index in [1.165, 1.54) is 0 Å². The van der Waals surface area contributed by atoms with Gasteiger partial charge < -0.3 is 0 Å². The van der Waals surface area contributed by atoms with Crippen molar-refractivity contribution in [1.29, 1.82) is 5.26 Å². The second-order valence-electron chi connectivity index (χ2n) is 2.62. The van der Waals surface area contributed by atoms with Crippen molar-refractivity contribution in [3.8, 4) is 6.07 Å². The Hall–Kier alpha value is -1.55. The monoisotopic (exact) mass is 157 g/mol. The third kappa shape index (κ3) is 1.96. The third-order valence-electron chi connectivity index (χ3n) is 1.76. The van der Waals surface area contributed by atoms with E-state index in [0.29, 0.717) is 0 Å².